The molecule has 34 nitrogen and oxygen atoms in total. The number of phenolic OH excluding ortho intramolecular Hbond substituents is 1. The van der Waals surface area contributed by atoms with Gasteiger partial charge in [-0.3, -0.25) is 62.9 Å². The Morgan fingerprint density at radius 1 is 0.530 bits per heavy atom. The van der Waals surface area contributed by atoms with Gasteiger partial charge in [0, 0.05) is 39.1 Å². The summed E-state index contributed by atoms with van der Waals surface area (Å²) in [4.78, 5) is 170. The number of unbranched alkanes of at least 4 members (excludes halogenated alkanes) is 1. The van der Waals surface area contributed by atoms with Crippen LogP contribution in [0.25, 0.3) is 0 Å². The monoisotopic (exact) mass is 1400 g/mol. The molecular formula is C66H107N21O13. The minimum absolute atomic E-state index is 0.000492. The van der Waals surface area contributed by atoms with E-state index in [1.54, 1.807) is 70.2 Å². The van der Waals surface area contributed by atoms with Crippen molar-refractivity contribution in [1.29, 1.82) is 0 Å². The molecule has 0 unspecified atom stereocenters. The number of nitrogens with one attached hydrogen (secondary N) is 8. The largest absolute Gasteiger partial charge is 0.508 e. The van der Waals surface area contributed by atoms with Crippen LogP contribution >= 0.6 is 0 Å². The Bertz CT molecular complexity index is 3130. The molecule has 2 aromatic carbocycles. The van der Waals surface area contributed by atoms with E-state index < -0.39 is 138 Å². The third kappa shape index (κ3) is 28.5. The van der Waals surface area contributed by atoms with Crippen LogP contribution in [0.1, 0.15) is 135 Å². The summed E-state index contributed by atoms with van der Waals surface area (Å²) < 4.78 is 0. The number of guanidine groups is 3. The molecule has 0 aliphatic carbocycles. The van der Waals surface area contributed by atoms with E-state index in [2.05, 4.69) is 57.5 Å². The van der Waals surface area contributed by atoms with E-state index in [0.29, 0.717) is 49.8 Å². The van der Waals surface area contributed by atoms with Crippen molar-refractivity contribution in [2.24, 2.45) is 72.7 Å². The minimum Gasteiger partial charge on any atom is -0.508 e. The number of carbonyl (C=O) groups is 11. The van der Waals surface area contributed by atoms with Crippen molar-refractivity contribution in [3.05, 3.63) is 65.7 Å². The minimum atomic E-state index is -1.44. The van der Waals surface area contributed by atoms with Crippen LogP contribution in [0.15, 0.2) is 69.6 Å². The summed E-state index contributed by atoms with van der Waals surface area (Å²) in [5.41, 5.74) is 46.8. The number of hydrogen-bond acceptors (Lipinski definition) is 17. The molecular weight excluding hydrogens is 1290 g/mol. The van der Waals surface area contributed by atoms with E-state index in [4.69, 9.17) is 45.9 Å². The fourth-order valence-corrected chi connectivity index (χ4v) is 11.6. The molecule has 26 N–H and O–H groups in total. The zero-order valence-electron chi connectivity index (χ0n) is 57.8. The zero-order valence-corrected chi connectivity index (χ0v) is 57.8. The van der Waals surface area contributed by atoms with Gasteiger partial charge >= 0.3 is 5.97 Å². The highest BCUT2D eigenvalue weighted by molar-refractivity contribution is 5.99. The van der Waals surface area contributed by atoms with Gasteiger partial charge in [0.2, 0.25) is 59.1 Å². The standard InChI is InChI=1S/C66H107N21O13/c1-5-39(4)53(61(97)81-46(21-13-31-77-66(73)74)62(98)87-33-15-23-51(87)60(96)82-47(63(99)100)18-9-10-28-67)85-56(92)45(20-12-30-76-65(71)72)79-55(91)44(19-11-29-75-64(69)70)80-57(93)48(34-38(2)3)83-58(94)49(36-40-16-7-6-8-17-40)84-59(95)50-22-14-32-86(50)52(89)37-78-54(90)43(68)35-41-24-26-42(88)27-25-41/h6-8,16-17,24-27,38-39,43-51,53,88H,5,9-15,18-23,28-37,67-68H2,1-4H3,(H,78,90)(H,79,91)(H,80,93)(H,81,97)(H,82,96)(H,83,94)(H,84,95)(H,85,92)(H,99,100)(H4,69,70,75)(H4,71,72,76)(H4,73,74,77)/t39-,43-,44-,45-,46-,47-,48-,49-,50-,51+,53-/m0/s1. The van der Waals surface area contributed by atoms with Crippen molar-refractivity contribution in [1.82, 2.24) is 52.3 Å². The predicted molar refractivity (Wildman–Crippen MR) is 375 cm³/mol. The van der Waals surface area contributed by atoms with Gasteiger partial charge in [-0.1, -0.05) is 76.6 Å². The van der Waals surface area contributed by atoms with E-state index in [-0.39, 0.29) is 139 Å². The first kappa shape index (κ1) is 82.6. The molecule has 554 valence electrons. The van der Waals surface area contributed by atoms with E-state index >= 15 is 0 Å². The second-order valence-corrected chi connectivity index (χ2v) is 25.7. The van der Waals surface area contributed by atoms with Crippen LogP contribution < -0.4 is 88.4 Å². The summed E-state index contributed by atoms with van der Waals surface area (Å²) in [6.45, 7) is 7.25. The topological polar surface area (TPSA) is 576 Å². The summed E-state index contributed by atoms with van der Waals surface area (Å²) in [6, 6.07) is 2.32. The molecule has 0 spiro atoms. The first-order chi connectivity index (χ1) is 47.5. The second kappa shape index (κ2) is 42.8. The molecule has 2 aliphatic heterocycles. The van der Waals surface area contributed by atoms with Crippen LogP contribution in [-0.4, -0.2) is 209 Å². The first-order valence-electron chi connectivity index (χ1n) is 34.2. The van der Waals surface area contributed by atoms with Crippen LogP contribution in [0, 0.1) is 11.8 Å². The molecule has 2 aliphatic rings. The lowest BCUT2D eigenvalue weighted by molar-refractivity contribution is -0.145. The average Bonchev–Trinajstić information content (AvgIpc) is 1.61. The van der Waals surface area contributed by atoms with Crippen LogP contribution in [0.2, 0.25) is 0 Å². The third-order valence-electron chi connectivity index (χ3n) is 17.2. The van der Waals surface area contributed by atoms with Gasteiger partial charge in [-0.15, -0.1) is 0 Å². The SMILES string of the molecule is CC[C@H](C)[C@H](NC(=O)[C@H](CCCN=C(N)N)NC(=O)[C@H](CCCN=C(N)N)NC(=O)[C@H](CC(C)C)NC(=O)[C@H](Cc1ccccc1)NC(=O)[C@@H]1CCCN1C(=O)CNC(=O)[C@@H](N)Cc1ccc(O)cc1)C(=O)N[C@@H](CCCN=C(N)N)C(=O)N1CCC[C@@H]1C(=O)N[C@@H](CCCCN)C(=O)O. The van der Waals surface area contributed by atoms with Crippen LogP contribution in [0.4, 0.5) is 0 Å². The molecule has 11 atom stereocenters. The summed E-state index contributed by atoms with van der Waals surface area (Å²) in [5.74, 6) is -10.1. The Labute approximate surface area is 583 Å². The number of rotatable bonds is 43. The number of amides is 10. The molecule has 0 bridgehead atoms. The Morgan fingerprint density at radius 3 is 1.51 bits per heavy atom. The normalized spacial score (nSPS) is 16.8. The first-order valence-corrected chi connectivity index (χ1v) is 34.2. The van der Waals surface area contributed by atoms with Gasteiger partial charge in [0.25, 0.3) is 0 Å². The maximum absolute atomic E-state index is 14.8. The highest BCUT2D eigenvalue weighted by Gasteiger charge is 2.42. The van der Waals surface area contributed by atoms with Gasteiger partial charge in [0.1, 0.15) is 60.1 Å². The number of carboxylic acid groups (broad SMARTS) is 1. The number of likely N-dealkylation sites (tertiary alicyclic amines) is 2. The highest BCUT2D eigenvalue weighted by Crippen LogP contribution is 2.23. The van der Waals surface area contributed by atoms with Crippen LogP contribution in [-0.2, 0) is 65.6 Å². The van der Waals surface area contributed by atoms with Crippen molar-refractivity contribution in [3.8, 4) is 5.75 Å². The smallest absolute Gasteiger partial charge is 0.326 e. The number of carboxylic acids is 1. The van der Waals surface area contributed by atoms with Gasteiger partial charge in [0.05, 0.1) is 12.6 Å². The quantitative estimate of drug-likeness (QED) is 0.0174. The van der Waals surface area contributed by atoms with Crippen molar-refractivity contribution < 1.29 is 63.0 Å². The molecule has 4 rings (SSSR count). The maximum atomic E-state index is 14.8. The van der Waals surface area contributed by atoms with Gasteiger partial charge in [-0.2, -0.15) is 0 Å². The van der Waals surface area contributed by atoms with Crippen molar-refractivity contribution >= 4 is 82.9 Å². The molecule has 2 saturated heterocycles. The predicted octanol–water partition coefficient (Wildman–Crippen LogP) is -3.54. The van der Waals surface area contributed by atoms with E-state index in [1.165, 1.54) is 21.9 Å². The number of nitrogens with zero attached hydrogens (tertiary/aromatic N) is 5. The van der Waals surface area contributed by atoms with Crippen molar-refractivity contribution in [2.75, 3.05) is 45.8 Å². The lowest BCUT2D eigenvalue weighted by Gasteiger charge is -2.32. The van der Waals surface area contributed by atoms with Gasteiger partial charge in [0.15, 0.2) is 17.9 Å². The lowest BCUT2D eigenvalue weighted by atomic mass is 9.96. The molecule has 34 heteroatoms. The highest BCUT2D eigenvalue weighted by atomic mass is 16.4. The number of nitrogens with two attached hydrogens (primary N) is 8. The molecule has 100 heavy (non-hydrogen) atoms. The fraction of sp³-hybridized carbons (Fsp3) is 0.606. The average molecular weight is 1400 g/mol. The summed E-state index contributed by atoms with van der Waals surface area (Å²) in [5, 5.41) is 41.3. The fourth-order valence-electron chi connectivity index (χ4n) is 11.6. The molecule has 0 aromatic heterocycles. The van der Waals surface area contributed by atoms with Crippen LogP contribution in [0.3, 0.4) is 0 Å². The molecule has 10 amide bonds. The number of carbonyl (C=O) groups excluding carboxylic acids is 10. The number of aliphatic carboxylic acids is 1. The molecule has 2 heterocycles. The number of aromatic hydroxyl groups is 1. The Balaban J connectivity index is 1.61. The Hall–Kier alpha value is -9.86. The number of benzene rings is 2. The lowest BCUT2D eigenvalue weighted by Crippen LogP contribution is -2.61. The van der Waals surface area contributed by atoms with Gasteiger partial charge in [-0.05, 0) is 138 Å². The number of hydrogen-bond donors (Lipinski definition) is 18. The van der Waals surface area contributed by atoms with E-state index in [0.717, 1.165) is 0 Å². The van der Waals surface area contributed by atoms with Crippen molar-refractivity contribution in [3.63, 3.8) is 0 Å². The zero-order chi connectivity index (χ0) is 74.0. The molecule has 2 fully saturated rings. The second-order valence-electron chi connectivity index (χ2n) is 25.7. The summed E-state index contributed by atoms with van der Waals surface area (Å²) in [6.07, 6.45) is 2.83. The third-order valence-corrected chi connectivity index (χ3v) is 17.2. The Morgan fingerprint density at radius 2 is 0.990 bits per heavy atom. The van der Waals surface area contributed by atoms with Gasteiger partial charge in [-0.25, -0.2) is 4.79 Å². The summed E-state index contributed by atoms with van der Waals surface area (Å²) >= 11 is 0. The Kier molecular flexibility index (Phi) is 35.4. The molecule has 2 aromatic rings. The van der Waals surface area contributed by atoms with Crippen molar-refractivity contribution in [2.45, 2.75) is 197 Å². The van der Waals surface area contributed by atoms with Gasteiger partial charge < -0.3 is 108 Å². The molecule has 0 saturated carbocycles. The maximum Gasteiger partial charge on any atom is 0.326 e. The van der Waals surface area contributed by atoms with E-state index in [9.17, 15) is 63.0 Å². The summed E-state index contributed by atoms with van der Waals surface area (Å²) in [7, 11) is 0. The number of aliphatic imine (C=N–C) groups is 3. The number of phenols is 1. The van der Waals surface area contributed by atoms with E-state index in [1.807, 2.05) is 0 Å². The molecule has 0 radical (unpaired) electrons. The van der Waals surface area contributed by atoms with Crippen LogP contribution in [0.5, 0.6) is 5.75 Å².